The van der Waals surface area contributed by atoms with E-state index in [1.54, 1.807) is 19.1 Å². The van der Waals surface area contributed by atoms with Crippen molar-refractivity contribution in [3.8, 4) is 5.75 Å². The van der Waals surface area contributed by atoms with Gasteiger partial charge in [0.1, 0.15) is 23.9 Å². The summed E-state index contributed by atoms with van der Waals surface area (Å²) in [7, 11) is 2.34. The van der Waals surface area contributed by atoms with Crippen molar-refractivity contribution in [3.05, 3.63) is 29.8 Å². The number of hydrogen-bond acceptors (Lipinski definition) is 15. The van der Waals surface area contributed by atoms with Crippen LogP contribution in [-0.4, -0.2) is 144 Å². The Morgan fingerprint density at radius 1 is 0.515 bits per heavy atom. The van der Waals surface area contributed by atoms with E-state index in [4.69, 9.17) is 57.3 Å². The monoisotopic (exact) mass is 996 g/mol. The Labute approximate surface area is 404 Å². The normalized spacial score (nSPS) is 13.9. The summed E-state index contributed by atoms with van der Waals surface area (Å²) in [5.74, 6) is -3.79. The summed E-state index contributed by atoms with van der Waals surface area (Å²) in [6, 6.07) is -0.587. The molecule has 26 nitrogen and oxygen atoms in total. The Morgan fingerprint density at radius 2 is 0.838 bits per heavy atom. The third-order valence-electron chi connectivity index (χ3n) is 9.65. The minimum absolute atomic E-state index is 0.0217. The number of nitrogens with two attached hydrogens (primary N) is 10. The number of benzene rings is 1. The van der Waals surface area contributed by atoms with E-state index < -0.39 is 65.8 Å². The van der Waals surface area contributed by atoms with Crippen LogP contribution in [0.3, 0.4) is 0 Å². The van der Waals surface area contributed by atoms with Crippen LogP contribution in [-0.2, 0) is 35.2 Å². The van der Waals surface area contributed by atoms with Gasteiger partial charge in [-0.2, -0.15) is 0 Å². The fourth-order valence-electron chi connectivity index (χ4n) is 6.00. The van der Waals surface area contributed by atoms with Crippen molar-refractivity contribution in [2.75, 3.05) is 37.7 Å². The van der Waals surface area contributed by atoms with Crippen LogP contribution < -0.4 is 83.9 Å². The Hall–Kier alpha value is -6.26. The van der Waals surface area contributed by atoms with Crippen LogP contribution in [0.2, 0.25) is 0 Å². The number of phenolic OH excluding ortho intramolecular Hbond substituents is 1. The van der Waals surface area contributed by atoms with Crippen molar-refractivity contribution in [3.63, 3.8) is 0 Å². The molecule has 0 saturated carbocycles. The number of guanidine groups is 4. The topological polar surface area (TPSA) is 492 Å². The number of nitrogens with one attached hydrogen (secondary N) is 5. The highest BCUT2D eigenvalue weighted by Gasteiger charge is 2.31. The van der Waals surface area contributed by atoms with E-state index in [2.05, 4.69) is 46.6 Å². The zero-order chi connectivity index (χ0) is 51.2. The molecule has 7 atom stereocenters. The predicted molar refractivity (Wildman–Crippen MR) is 268 cm³/mol. The minimum Gasteiger partial charge on any atom is -0.508 e. The van der Waals surface area contributed by atoms with E-state index in [1.165, 1.54) is 29.9 Å². The van der Waals surface area contributed by atoms with E-state index in [9.17, 15) is 33.9 Å². The van der Waals surface area contributed by atoms with Crippen molar-refractivity contribution in [1.82, 2.24) is 26.6 Å². The summed E-state index contributed by atoms with van der Waals surface area (Å²) in [5, 5.41) is 23.2. The van der Waals surface area contributed by atoms with Gasteiger partial charge in [-0.05, 0) is 89.3 Å². The maximum absolute atomic E-state index is 14.0. The van der Waals surface area contributed by atoms with Gasteiger partial charge in [0.25, 0.3) is 0 Å². The standard InChI is InChI=1S/C40H73N19O7S2/c1-22(7-3-15-51-37(43)44)55-34(64)28(8-4-16-52-38(45)46)57-36(66)30(10-6-18-54-40(49)50)58-35(65)29(9-5-17-53-39(47)48)56-32(62)26(41)20-67-68-21-27(42)33(63)59-31(23(2)60)19-24-11-13-25(61)14-12-24/h11-14,22,26-31,61H,3-10,15-21,41-42H2,1-2H3,(H,55,64)(H,56,62)(H,57,66)(H,58,65)(H,59,63)(H4,43,44,51)(H4,45,46,52)(H4,47,48,53)(H4,49,50,54)/t22-,26-,27?,28+,29+,30+,31?/m1/s1. The van der Waals surface area contributed by atoms with E-state index in [1.807, 2.05) is 0 Å². The average Bonchev–Trinajstić information content (AvgIpc) is 3.26. The lowest BCUT2D eigenvalue weighted by Gasteiger charge is -2.26. The van der Waals surface area contributed by atoms with Crippen molar-refractivity contribution < 1.29 is 33.9 Å². The van der Waals surface area contributed by atoms with Gasteiger partial charge in [0.15, 0.2) is 29.6 Å². The molecule has 68 heavy (non-hydrogen) atoms. The number of Topliss-reactive ketones (excluding diaryl/α,β-unsaturated/α-hetero) is 1. The molecule has 1 rings (SSSR count). The minimum atomic E-state index is -1.24. The van der Waals surface area contributed by atoms with Crippen molar-refractivity contribution in [1.29, 1.82) is 0 Å². The summed E-state index contributed by atoms with van der Waals surface area (Å²) in [5.41, 5.74) is 56.8. The quantitative estimate of drug-likeness (QED) is 0.0133. The molecule has 28 heteroatoms. The van der Waals surface area contributed by atoms with Gasteiger partial charge in [-0.3, -0.25) is 48.7 Å². The van der Waals surface area contributed by atoms with Gasteiger partial charge in [-0.15, -0.1) is 0 Å². The SMILES string of the molecule is CC(=O)C(Cc1ccc(O)cc1)NC(=O)C(N)CSSC[C@@H](N)C(=O)N[C@@H](CCCN=C(N)N)C(=O)N[C@@H](CCCN=C(N)N)C(=O)N[C@@H](CCCN=C(N)N)C(=O)N[C@H](C)CCCN=C(N)N. The van der Waals surface area contributed by atoms with Gasteiger partial charge in [0.05, 0.1) is 18.1 Å². The molecule has 0 aliphatic rings. The first-order valence-electron chi connectivity index (χ1n) is 21.9. The number of rotatable bonds is 34. The molecule has 0 spiro atoms. The molecule has 0 aliphatic heterocycles. The third kappa shape index (κ3) is 27.4. The third-order valence-corrected chi connectivity index (χ3v) is 12.1. The first-order chi connectivity index (χ1) is 32.1. The van der Waals surface area contributed by atoms with Crippen molar-refractivity contribution >= 4 is 80.7 Å². The Kier molecular flexibility index (Phi) is 29.2. The lowest BCUT2D eigenvalue weighted by molar-refractivity contribution is -0.134. The van der Waals surface area contributed by atoms with Crippen LogP contribution in [0, 0.1) is 0 Å². The molecule has 1 aromatic rings. The van der Waals surface area contributed by atoms with E-state index in [0.29, 0.717) is 25.8 Å². The number of carbonyl (C=O) groups excluding carboxylic acids is 6. The number of carbonyl (C=O) groups is 6. The number of amides is 5. The van der Waals surface area contributed by atoms with Crippen molar-refractivity contribution in [2.45, 2.75) is 114 Å². The summed E-state index contributed by atoms with van der Waals surface area (Å²) in [4.78, 5) is 95.9. The molecule has 5 amide bonds. The van der Waals surface area contributed by atoms with Gasteiger partial charge in [0, 0.05) is 43.7 Å². The lowest BCUT2D eigenvalue weighted by Crippen LogP contribution is -2.58. The number of ketones is 1. The Morgan fingerprint density at radius 3 is 1.19 bits per heavy atom. The summed E-state index contributed by atoms with van der Waals surface area (Å²) < 4.78 is 0. The summed E-state index contributed by atoms with van der Waals surface area (Å²) >= 11 is 0. The van der Waals surface area contributed by atoms with Crippen molar-refractivity contribution in [2.24, 2.45) is 77.3 Å². The number of aliphatic imine (C=N–C) groups is 4. The van der Waals surface area contributed by atoms with E-state index >= 15 is 0 Å². The maximum Gasteiger partial charge on any atom is 0.243 e. The molecule has 0 bridgehead atoms. The molecule has 0 heterocycles. The second-order valence-electron chi connectivity index (χ2n) is 15.7. The van der Waals surface area contributed by atoms with Crippen LogP contribution in [0.5, 0.6) is 5.75 Å². The van der Waals surface area contributed by atoms with Gasteiger partial charge in [-0.25, -0.2) is 0 Å². The summed E-state index contributed by atoms with van der Waals surface area (Å²) in [6.07, 6.45) is 2.25. The lowest BCUT2D eigenvalue weighted by atomic mass is 10.0. The summed E-state index contributed by atoms with van der Waals surface area (Å²) in [6.45, 7) is 3.89. The predicted octanol–water partition coefficient (Wildman–Crippen LogP) is -4.78. The smallest absolute Gasteiger partial charge is 0.243 e. The maximum atomic E-state index is 14.0. The average molecular weight is 996 g/mol. The van der Waals surface area contributed by atoms with Gasteiger partial charge in [-0.1, -0.05) is 33.7 Å². The van der Waals surface area contributed by atoms with Crippen LogP contribution in [0.1, 0.15) is 70.8 Å². The number of aromatic hydroxyl groups is 1. The highest BCUT2D eigenvalue weighted by molar-refractivity contribution is 8.76. The fraction of sp³-hybridized carbons (Fsp3) is 0.600. The highest BCUT2D eigenvalue weighted by atomic mass is 33.1. The molecular weight excluding hydrogens is 923 g/mol. The molecule has 26 N–H and O–H groups in total. The van der Waals surface area contributed by atoms with Crippen LogP contribution >= 0.6 is 21.6 Å². The molecular formula is C40H73N19O7S2. The molecule has 2 unspecified atom stereocenters. The second kappa shape index (κ2) is 33.3. The number of hydrogen-bond donors (Lipinski definition) is 16. The zero-order valence-corrected chi connectivity index (χ0v) is 40.4. The van der Waals surface area contributed by atoms with Crippen LogP contribution in [0.4, 0.5) is 0 Å². The van der Waals surface area contributed by atoms with E-state index in [-0.39, 0.29) is 111 Å². The highest BCUT2D eigenvalue weighted by Crippen LogP contribution is 2.22. The first-order valence-corrected chi connectivity index (χ1v) is 24.4. The molecule has 0 aliphatic carbocycles. The molecule has 382 valence electrons. The number of nitrogens with zero attached hydrogens (tertiary/aromatic N) is 4. The van der Waals surface area contributed by atoms with Gasteiger partial charge in [0.2, 0.25) is 29.5 Å². The molecule has 1 aromatic carbocycles. The van der Waals surface area contributed by atoms with Crippen LogP contribution in [0.15, 0.2) is 44.2 Å². The first kappa shape index (κ1) is 59.8. The Bertz CT molecular complexity index is 1870. The second-order valence-corrected chi connectivity index (χ2v) is 18.3. The molecule has 0 fully saturated rings. The largest absolute Gasteiger partial charge is 0.508 e. The fourth-order valence-corrected chi connectivity index (χ4v) is 8.24. The zero-order valence-electron chi connectivity index (χ0n) is 38.7. The van der Waals surface area contributed by atoms with Gasteiger partial charge < -0.3 is 89.0 Å². The Balaban J connectivity index is 3.12. The number of phenols is 1. The molecule has 0 saturated heterocycles. The van der Waals surface area contributed by atoms with E-state index in [0.717, 1.165) is 16.4 Å². The molecule has 0 radical (unpaired) electrons. The van der Waals surface area contributed by atoms with Crippen LogP contribution in [0.25, 0.3) is 0 Å². The molecule has 0 aromatic heterocycles. The van der Waals surface area contributed by atoms with Gasteiger partial charge >= 0.3 is 0 Å².